The molecule has 1 aliphatic carbocycles. The van der Waals surface area contributed by atoms with E-state index < -0.39 is 0 Å². The molecule has 78 valence electrons. The SMILES string of the molecule is CC(COC(C)(CCl)CBr)C1CC1. The summed E-state index contributed by atoms with van der Waals surface area (Å²) in [5.41, 5.74) is -0.190. The number of halogens is 2. The molecule has 0 saturated heterocycles. The molecule has 0 amide bonds. The summed E-state index contributed by atoms with van der Waals surface area (Å²) >= 11 is 9.26. The van der Waals surface area contributed by atoms with Crippen molar-refractivity contribution in [1.29, 1.82) is 0 Å². The van der Waals surface area contributed by atoms with Crippen LogP contribution >= 0.6 is 27.5 Å². The molecule has 1 saturated carbocycles. The molecule has 3 heteroatoms. The van der Waals surface area contributed by atoms with Crippen molar-refractivity contribution in [3.63, 3.8) is 0 Å². The quantitative estimate of drug-likeness (QED) is 0.671. The average molecular weight is 270 g/mol. The summed E-state index contributed by atoms with van der Waals surface area (Å²) in [6, 6.07) is 0. The topological polar surface area (TPSA) is 9.23 Å². The third-order valence-electron chi connectivity index (χ3n) is 2.69. The minimum atomic E-state index is -0.190. The van der Waals surface area contributed by atoms with Gasteiger partial charge < -0.3 is 4.74 Å². The molecule has 0 bridgehead atoms. The van der Waals surface area contributed by atoms with Gasteiger partial charge in [-0.15, -0.1) is 11.6 Å². The molecule has 0 spiro atoms. The highest BCUT2D eigenvalue weighted by molar-refractivity contribution is 9.09. The van der Waals surface area contributed by atoms with Crippen molar-refractivity contribution in [2.45, 2.75) is 32.3 Å². The van der Waals surface area contributed by atoms with Crippen LogP contribution in [0.2, 0.25) is 0 Å². The summed E-state index contributed by atoms with van der Waals surface area (Å²) < 4.78 is 5.81. The van der Waals surface area contributed by atoms with E-state index in [1.165, 1.54) is 12.8 Å². The molecular formula is C10H18BrClO. The third-order valence-corrected chi connectivity index (χ3v) is 4.44. The second-order valence-corrected chi connectivity index (χ2v) is 5.17. The first-order valence-electron chi connectivity index (χ1n) is 4.87. The van der Waals surface area contributed by atoms with E-state index in [9.17, 15) is 0 Å². The van der Waals surface area contributed by atoms with Gasteiger partial charge in [0.25, 0.3) is 0 Å². The molecule has 0 aromatic heterocycles. The number of hydrogen-bond acceptors (Lipinski definition) is 1. The van der Waals surface area contributed by atoms with Gasteiger partial charge in [-0.25, -0.2) is 0 Å². The molecular weight excluding hydrogens is 251 g/mol. The molecule has 1 nitrogen and oxygen atoms in total. The lowest BCUT2D eigenvalue weighted by Gasteiger charge is -2.27. The lowest BCUT2D eigenvalue weighted by Crippen LogP contribution is -2.34. The van der Waals surface area contributed by atoms with Crippen LogP contribution in [0.4, 0.5) is 0 Å². The number of hydrogen-bond donors (Lipinski definition) is 0. The lowest BCUT2D eigenvalue weighted by atomic mass is 10.1. The highest BCUT2D eigenvalue weighted by Crippen LogP contribution is 2.37. The van der Waals surface area contributed by atoms with Crippen LogP contribution < -0.4 is 0 Å². The predicted molar refractivity (Wildman–Crippen MR) is 60.8 cm³/mol. The van der Waals surface area contributed by atoms with Crippen LogP contribution in [-0.2, 0) is 4.74 Å². The second kappa shape index (κ2) is 4.99. The van der Waals surface area contributed by atoms with Gasteiger partial charge >= 0.3 is 0 Å². The van der Waals surface area contributed by atoms with Crippen LogP contribution in [0.1, 0.15) is 26.7 Å². The van der Waals surface area contributed by atoms with Crippen LogP contribution in [0, 0.1) is 11.8 Å². The average Bonchev–Trinajstić information content (AvgIpc) is 2.97. The summed E-state index contributed by atoms with van der Waals surface area (Å²) in [4.78, 5) is 0. The summed E-state index contributed by atoms with van der Waals surface area (Å²) in [5, 5.41) is 0.806. The Labute approximate surface area is 94.3 Å². The first kappa shape index (κ1) is 11.8. The molecule has 13 heavy (non-hydrogen) atoms. The fourth-order valence-corrected chi connectivity index (χ4v) is 2.01. The van der Waals surface area contributed by atoms with Gasteiger partial charge in [-0.2, -0.15) is 0 Å². The van der Waals surface area contributed by atoms with Crippen molar-refractivity contribution in [2.24, 2.45) is 11.8 Å². The van der Waals surface area contributed by atoms with Gasteiger partial charge in [0.05, 0.1) is 18.1 Å². The van der Waals surface area contributed by atoms with E-state index >= 15 is 0 Å². The van der Waals surface area contributed by atoms with Crippen LogP contribution in [0.15, 0.2) is 0 Å². The van der Waals surface area contributed by atoms with Gasteiger partial charge in [-0.05, 0) is 31.6 Å². The molecule has 0 N–H and O–H groups in total. The van der Waals surface area contributed by atoms with Crippen molar-refractivity contribution in [2.75, 3.05) is 17.8 Å². The van der Waals surface area contributed by atoms with Gasteiger partial charge in [-0.3, -0.25) is 0 Å². The van der Waals surface area contributed by atoms with E-state index in [1.807, 2.05) is 6.92 Å². The Morgan fingerprint density at radius 1 is 1.62 bits per heavy atom. The van der Waals surface area contributed by atoms with Gasteiger partial charge in [0.1, 0.15) is 0 Å². The van der Waals surface area contributed by atoms with Crippen LogP contribution in [0.5, 0.6) is 0 Å². The van der Waals surface area contributed by atoms with Crippen molar-refractivity contribution >= 4 is 27.5 Å². The number of rotatable bonds is 6. The zero-order valence-electron chi connectivity index (χ0n) is 8.35. The molecule has 2 atom stereocenters. The maximum atomic E-state index is 5.83. The van der Waals surface area contributed by atoms with Crippen LogP contribution in [0.3, 0.4) is 0 Å². The molecule has 1 aliphatic rings. The zero-order valence-corrected chi connectivity index (χ0v) is 10.7. The predicted octanol–water partition coefficient (Wildman–Crippen LogP) is 3.44. The first-order chi connectivity index (χ1) is 6.11. The number of alkyl halides is 2. The molecule has 0 radical (unpaired) electrons. The Hall–Kier alpha value is 0.730. The molecule has 0 aliphatic heterocycles. The Morgan fingerprint density at radius 2 is 2.23 bits per heavy atom. The Bertz CT molecular complexity index is 155. The molecule has 0 heterocycles. The molecule has 1 rings (SSSR count). The van der Waals surface area contributed by atoms with Crippen molar-refractivity contribution in [1.82, 2.24) is 0 Å². The fourth-order valence-electron chi connectivity index (χ4n) is 1.25. The van der Waals surface area contributed by atoms with E-state index in [-0.39, 0.29) is 5.60 Å². The van der Waals surface area contributed by atoms with Crippen LogP contribution in [-0.4, -0.2) is 23.4 Å². The highest BCUT2D eigenvalue weighted by Gasteiger charge is 2.30. The number of ether oxygens (including phenoxy) is 1. The maximum Gasteiger partial charge on any atom is 0.0885 e. The summed E-state index contributed by atoms with van der Waals surface area (Å²) in [6.07, 6.45) is 2.77. The van der Waals surface area contributed by atoms with Crippen LogP contribution in [0.25, 0.3) is 0 Å². The molecule has 0 aromatic carbocycles. The minimum absolute atomic E-state index is 0.190. The van der Waals surface area contributed by atoms with Crippen molar-refractivity contribution in [3.8, 4) is 0 Å². The Balaban J connectivity index is 2.22. The van der Waals surface area contributed by atoms with Gasteiger partial charge in [-0.1, -0.05) is 22.9 Å². The molecule has 1 fully saturated rings. The maximum absolute atomic E-state index is 5.83. The monoisotopic (exact) mass is 268 g/mol. The summed E-state index contributed by atoms with van der Waals surface area (Å²) in [5.74, 6) is 2.16. The molecule has 0 aromatic rings. The van der Waals surface area contributed by atoms with Crippen molar-refractivity contribution < 1.29 is 4.74 Å². The van der Waals surface area contributed by atoms with Gasteiger partial charge in [0.2, 0.25) is 0 Å². The first-order valence-corrected chi connectivity index (χ1v) is 6.53. The third kappa shape index (κ3) is 3.77. The largest absolute Gasteiger partial charge is 0.373 e. The summed E-state index contributed by atoms with van der Waals surface area (Å²) in [6.45, 7) is 5.16. The Morgan fingerprint density at radius 3 is 2.62 bits per heavy atom. The van der Waals surface area contributed by atoms with Gasteiger partial charge in [0, 0.05) is 5.33 Å². The van der Waals surface area contributed by atoms with E-state index in [2.05, 4.69) is 22.9 Å². The Kier molecular flexibility index (Phi) is 4.53. The smallest absolute Gasteiger partial charge is 0.0885 e. The standard InChI is InChI=1S/C10H18BrClO/c1-8(9-3-4-9)5-13-10(2,6-11)7-12/h8-9H,3-7H2,1-2H3. The zero-order chi connectivity index (χ0) is 9.90. The second-order valence-electron chi connectivity index (χ2n) is 4.34. The minimum Gasteiger partial charge on any atom is -0.373 e. The van der Waals surface area contributed by atoms with Crippen molar-refractivity contribution in [3.05, 3.63) is 0 Å². The van der Waals surface area contributed by atoms with E-state index in [1.54, 1.807) is 0 Å². The normalized spacial score (nSPS) is 24.0. The van der Waals surface area contributed by atoms with E-state index in [0.717, 1.165) is 17.9 Å². The van der Waals surface area contributed by atoms with Gasteiger partial charge in [0.15, 0.2) is 0 Å². The van der Waals surface area contributed by atoms with E-state index in [0.29, 0.717) is 11.8 Å². The van der Waals surface area contributed by atoms with E-state index in [4.69, 9.17) is 16.3 Å². The summed E-state index contributed by atoms with van der Waals surface area (Å²) in [7, 11) is 0. The lowest BCUT2D eigenvalue weighted by molar-refractivity contribution is -0.0159. The molecule has 2 unspecified atom stereocenters. The highest BCUT2D eigenvalue weighted by atomic mass is 79.9. The fraction of sp³-hybridized carbons (Fsp3) is 1.00.